The molecule has 0 amide bonds. The number of hydrogen-bond acceptors (Lipinski definition) is 2. The van der Waals surface area contributed by atoms with E-state index in [-0.39, 0.29) is 11.6 Å². The Labute approximate surface area is 117 Å². The summed E-state index contributed by atoms with van der Waals surface area (Å²) in [7, 11) is 0. The summed E-state index contributed by atoms with van der Waals surface area (Å²) < 4.78 is 32.4. The van der Waals surface area contributed by atoms with Gasteiger partial charge in [0.25, 0.3) is 0 Å². The molecule has 0 bridgehead atoms. The Bertz CT molecular complexity index is 586. The molecule has 20 heavy (non-hydrogen) atoms. The van der Waals surface area contributed by atoms with E-state index in [1.165, 1.54) is 24.3 Å². The minimum Gasteiger partial charge on any atom is -0.486 e. The molecule has 2 nitrogen and oxygen atoms in total. The molecule has 0 aliphatic rings. The molecule has 0 aliphatic heterocycles. The normalized spacial score (nSPS) is 12.2. The number of benzene rings is 2. The highest BCUT2D eigenvalue weighted by Gasteiger charge is 2.16. The van der Waals surface area contributed by atoms with Crippen LogP contribution in [0.2, 0.25) is 0 Å². The lowest BCUT2D eigenvalue weighted by Gasteiger charge is -2.21. The van der Waals surface area contributed by atoms with Gasteiger partial charge in [0, 0.05) is 12.5 Å². The van der Waals surface area contributed by atoms with Crippen LogP contribution in [0.4, 0.5) is 8.78 Å². The molecular formula is C16H17F2NO. The van der Waals surface area contributed by atoms with Gasteiger partial charge in [-0.2, -0.15) is 0 Å². The second-order valence-corrected chi connectivity index (χ2v) is 4.64. The summed E-state index contributed by atoms with van der Waals surface area (Å²) in [6.07, 6.45) is 0.137. The quantitative estimate of drug-likeness (QED) is 0.903. The van der Waals surface area contributed by atoms with Gasteiger partial charge in [-0.3, -0.25) is 0 Å². The van der Waals surface area contributed by atoms with Crippen molar-refractivity contribution in [1.82, 2.24) is 0 Å². The lowest BCUT2D eigenvalue weighted by atomic mass is 10.0. The van der Waals surface area contributed by atoms with Crippen LogP contribution in [0.15, 0.2) is 42.5 Å². The number of rotatable bonds is 5. The van der Waals surface area contributed by atoms with E-state index < -0.39 is 6.10 Å². The third kappa shape index (κ3) is 3.54. The molecule has 0 heterocycles. The number of aryl methyl sites for hydroxylation is 1. The van der Waals surface area contributed by atoms with Gasteiger partial charge in [0.1, 0.15) is 23.5 Å². The Balaban J connectivity index is 2.29. The van der Waals surface area contributed by atoms with Crippen molar-refractivity contribution in [2.45, 2.75) is 19.4 Å². The Hall–Kier alpha value is -1.94. The summed E-state index contributed by atoms with van der Waals surface area (Å²) in [5.41, 5.74) is 7.24. The molecule has 2 aromatic rings. The third-order valence-corrected chi connectivity index (χ3v) is 3.09. The summed E-state index contributed by atoms with van der Waals surface area (Å²) in [6, 6.07) is 10.4. The van der Waals surface area contributed by atoms with Crippen LogP contribution in [-0.2, 0) is 0 Å². The Kier molecular flexibility index (Phi) is 4.69. The smallest absolute Gasteiger partial charge is 0.126 e. The highest BCUT2D eigenvalue weighted by Crippen LogP contribution is 2.27. The van der Waals surface area contributed by atoms with Crippen molar-refractivity contribution in [3.63, 3.8) is 0 Å². The van der Waals surface area contributed by atoms with Crippen LogP contribution < -0.4 is 10.5 Å². The van der Waals surface area contributed by atoms with Gasteiger partial charge in [0.2, 0.25) is 0 Å². The van der Waals surface area contributed by atoms with Crippen molar-refractivity contribution in [3.05, 3.63) is 65.2 Å². The van der Waals surface area contributed by atoms with Crippen LogP contribution in [0.5, 0.6) is 5.75 Å². The lowest BCUT2D eigenvalue weighted by molar-refractivity contribution is 0.196. The van der Waals surface area contributed by atoms with E-state index in [0.29, 0.717) is 18.7 Å². The molecule has 0 saturated carbocycles. The van der Waals surface area contributed by atoms with E-state index >= 15 is 0 Å². The predicted octanol–water partition coefficient (Wildman–Crippen LogP) is 3.74. The highest BCUT2D eigenvalue weighted by molar-refractivity contribution is 5.31. The molecule has 0 saturated heterocycles. The maximum atomic E-state index is 13.4. The average molecular weight is 277 g/mol. The van der Waals surface area contributed by atoms with Crippen LogP contribution in [0, 0.1) is 18.6 Å². The number of hydrogen-bond donors (Lipinski definition) is 1. The number of halogens is 2. The Morgan fingerprint density at radius 3 is 2.55 bits per heavy atom. The van der Waals surface area contributed by atoms with E-state index in [2.05, 4.69) is 0 Å². The van der Waals surface area contributed by atoms with Gasteiger partial charge in [-0.1, -0.05) is 12.1 Å². The first-order valence-electron chi connectivity index (χ1n) is 6.48. The fourth-order valence-electron chi connectivity index (χ4n) is 2.09. The van der Waals surface area contributed by atoms with E-state index in [0.717, 1.165) is 11.1 Å². The molecule has 0 aliphatic carbocycles. The molecule has 2 aromatic carbocycles. The van der Waals surface area contributed by atoms with Crippen molar-refractivity contribution >= 4 is 0 Å². The summed E-state index contributed by atoms with van der Waals surface area (Å²) in [4.78, 5) is 0. The topological polar surface area (TPSA) is 35.2 Å². The largest absolute Gasteiger partial charge is 0.486 e. The Morgan fingerprint density at radius 2 is 1.85 bits per heavy atom. The number of nitrogens with two attached hydrogens (primary N) is 1. The molecule has 0 radical (unpaired) electrons. The second-order valence-electron chi connectivity index (χ2n) is 4.64. The maximum absolute atomic E-state index is 13.4. The van der Waals surface area contributed by atoms with Crippen LogP contribution in [0.25, 0.3) is 0 Å². The van der Waals surface area contributed by atoms with E-state index in [4.69, 9.17) is 10.5 Å². The molecule has 2 N–H and O–H groups in total. The molecule has 0 unspecified atom stereocenters. The molecule has 106 valence electrons. The van der Waals surface area contributed by atoms with Gasteiger partial charge in [0.15, 0.2) is 0 Å². The summed E-state index contributed by atoms with van der Waals surface area (Å²) in [5.74, 6) is -0.285. The Morgan fingerprint density at radius 1 is 1.10 bits per heavy atom. The zero-order valence-corrected chi connectivity index (χ0v) is 11.3. The summed E-state index contributed by atoms with van der Waals surface area (Å²) in [5, 5.41) is 0. The summed E-state index contributed by atoms with van der Waals surface area (Å²) in [6.45, 7) is 2.28. The van der Waals surface area contributed by atoms with Crippen molar-refractivity contribution < 1.29 is 13.5 Å². The first-order valence-corrected chi connectivity index (χ1v) is 6.48. The van der Waals surface area contributed by atoms with Crippen molar-refractivity contribution in [2.24, 2.45) is 5.73 Å². The monoisotopic (exact) mass is 277 g/mol. The van der Waals surface area contributed by atoms with Crippen molar-refractivity contribution in [2.75, 3.05) is 6.54 Å². The van der Waals surface area contributed by atoms with Gasteiger partial charge in [-0.05, 0) is 48.9 Å². The van der Waals surface area contributed by atoms with Gasteiger partial charge >= 0.3 is 0 Å². The number of ether oxygens (including phenoxy) is 1. The van der Waals surface area contributed by atoms with Crippen LogP contribution in [0.3, 0.4) is 0 Å². The highest BCUT2D eigenvalue weighted by atomic mass is 19.1. The third-order valence-electron chi connectivity index (χ3n) is 3.09. The second kappa shape index (κ2) is 6.48. The SMILES string of the molecule is Cc1ccc(F)cc1[C@@H](CCN)Oc1cccc(F)c1. The fraction of sp³-hybridized carbons (Fsp3) is 0.250. The molecule has 0 spiro atoms. The zero-order valence-electron chi connectivity index (χ0n) is 11.3. The van der Waals surface area contributed by atoms with Crippen molar-refractivity contribution in [1.29, 1.82) is 0 Å². The molecule has 0 fully saturated rings. The molecule has 2 rings (SSSR count). The van der Waals surface area contributed by atoms with Gasteiger partial charge in [0.05, 0.1) is 0 Å². The zero-order chi connectivity index (χ0) is 14.5. The van der Waals surface area contributed by atoms with Gasteiger partial charge in [-0.25, -0.2) is 8.78 Å². The van der Waals surface area contributed by atoms with E-state index in [1.807, 2.05) is 6.92 Å². The van der Waals surface area contributed by atoms with Crippen LogP contribution in [-0.4, -0.2) is 6.54 Å². The molecule has 1 atom stereocenters. The molecular weight excluding hydrogens is 260 g/mol. The van der Waals surface area contributed by atoms with Gasteiger partial charge in [-0.15, -0.1) is 0 Å². The van der Waals surface area contributed by atoms with E-state index in [9.17, 15) is 8.78 Å². The average Bonchev–Trinajstić information content (AvgIpc) is 2.41. The minimum absolute atomic E-state index is 0.324. The van der Waals surface area contributed by atoms with Gasteiger partial charge < -0.3 is 10.5 Å². The standard InChI is InChI=1S/C16H17F2NO/c1-11-5-6-13(18)10-15(11)16(7-8-19)20-14-4-2-3-12(17)9-14/h2-6,9-10,16H,7-8,19H2,1H3/t16-/m1/s1. The fourth-order valence-corrected chi connectivity index (χ4v) is 2.09. The summed E-state index contributed by atoms with van der Waals surface area (Å²) >= 11 is 0. The maximum Gasteiger partial charge on any atom is 0.126 e. The predicted molar refractivity (Wildman–Crippen MR) is 74.6 cm³/mol. The van der Waals surface area contributed by atoms with Crippen LogP contribution in [0.1, 0.15) is 23.7 Å². The van der Waals surface area contributed by atoms with Crippen molar-refractivity contribution in [3.8, 4) is 5.75 Å². The lowest BCUT2D eigenvalue weighted by Crippen LogP contribution is -2.14. The first kappa shape index (κ1) is 14.5. The first-order chi connectivity index (χ1) is 9.60. The molecule has 0 aromatic heterocycles. The van der Waals surface area contributed by atoms with E-state index in [1.54, 1.807) is 18.2 Å². The minimum atomic E-state index is -0.391. The molecule has 4 heteroatoms. The van der Waals surface area contributed by atoms with Crippen LogP contribution >= 0.6 is 0 Å².